The summed E-state index contributed by atoms with van der Waals surface area (Å²) in [5, 5.41) is 9.08. The van der Waals surface area contributed by atoms with Crippen molar-refractivity contribution in [2.45, 2.75) is 20.0 Å². The first-order valence-electron chi connectivity index (χ1n) is 16.4. The molecule has 0 fully saturated rings. The van der Waals surface area contributed by atoms with E-state index in [1.54, 1.807) is 56.7 Å². The fourth-order valence-corrected chi connectivity index (χ4v) is 5.37. The van der Waals surface area contributed by atoms with Gasteiger partial charge in [0.05, 0.1) is 45.8 Å². The minimum Gasteiger partial charge on any atom is -0.496 e. The van der Waals surface area contributed by atoms with Crippen LogP contribution >= 0.6 is 0 Å². The molecule has 0 atom stereocenters. The third-order valence-corrected chi connectivity index (χ3v) is 7.91. The highest BCUT2D eigenvalue weighted by Crippen LogP contribution is 2.41. The van der Waals surface area contributed by atoms with Crippen LogP contribution in [0.1, 0.15) is 45.7 Å². The molecule has 0 bridgehead atoms. The molecule has 0 unspecified atom stereocenters. The Labute approximate surface area is 307 Å². The molecule has 12 heteroatoms. The Morgan fingerprint density at radius 1 is 0.642 bits per heavy atom. The number of nitrogens with one attached hydrogen (secondary N) is 1. The van der Waals surface area contributed by atoms with E-state index in [1.807, 2.05) is 50.3 Å². The van der Waals surface area contributed by atoms with E-state index in [1.165, 1.54) is 38.5 Å². The highest BCUT2D eigenvalue weighted by Gasteiger charge is 2.21. The van der Waals surface area contributed by atoms with Crippen molar-refractivity contribution in [2.75, 3.05) is 39.7 Å². The van der Waals surface area contributed by atoms with E-state index in [-0.39, 0.29) is 34.5 Å². The van der Waals surface area contributed by atoms with Crippen LogP contribution in [0.15, 0.2) is 91.0 Å². The Balaban J connectivity index is 1.35. The molecule has 0 amide bonds. The van der Waals surface area contributed by atoms with Crippen molar-refractivity contribution in [2.24, 2.45) is 0 Å². The Morgan fingerprint density at radius 3 is 1.75 bits per heavy atom. The number of ether oxygens (including phenoxy) is 7. The number of nitrogen functional groups attached to an aromatic ring is 1. The summed E-state index contributed by atoms with van der Waals surface area (Å²) in [6, 6.07) is 24.9. The van der Waals surface area contributed by atoms with Crippen molar-refractivity contribution in [1.82, 2.24) is 0 Å². The first-order valence-corrected chi connectivity index (χ1v) is 16.4. The largest absolute Gasteiger partial charge is 0.496 e. The molecule has 0 aromatic heterocycles. The van der Waals surface area contributed by atoms with Gasteiger partial charge in [-0.2, -0.15) is 0 Å². The molecular formula is C41H40N2O10. The van der Waals surface area contributed by atoms with Crippen molar-refractivity contribution in [3.05, 3.63) is 113 Å². The number of benzene rings is 5. The summed E-state index contributed by atoms with van der Waals surface area (Å²) in [7, 11) is 6.04. The number of nitrogens with two attached hydrogens (primary N) is 1. The first kappa shape index (κ1) is 37.6. The zero-order valence-corrected chi connectivity index (χ0v) is 30.1. The van der Waals surface area contributed by atoms with E-state index in [4.69, 9.17) is 44.1 Å². The van der Waals surface area contributed by atoms with E-state index < -0.39 is 11.9 Å². The van der Waals surface area contributed by atoms with Crippen molar-refractivity contribution < 1.29 is 48.0 Å². The monoisotopic (exact) mass is 720 g/mol. The SMILES string of the molecule is COc1cc(OC(=O)c2ccc(N)cc2OC(C)C)ccc1C(=O)Oc1ccc(-c2cc(OC)c(/C=C/c3ccc(NO)cc3)c(OC)c2)c(OC)c1. The van der Waals surface area contributed by atoms with Crippen LogP contribution in [0.2, 0.25) is 0 Å². The summed E-state index contributed by atoms with van der Waals surface area (Å²) in [4.78, 5) is 26.4. The van der Waals surface area contributed by atoms with Crippen LogP contribution in [0.25, 0.3) is 23.3 Å². The van der Waals surface area contributed by atoms with Crippen LogP contribution in [0.4, 0.5) is 11.4 Å². The van der Waals surface area contributed by atoms with Gasteiger partial charge in [-0.1, -0.05) is 18.2 Å². The molecule has 53 heavy (non-hydrogen) atoms. The number of hydrogen-bond donors (Lipinski definition) is 3. The molecule has 5 aromatic rings. The average Bonchev–Trinajstić information content (AvgIpc) is 3.16. The van der Waals surface area contributed by atoms with Gasteiger partial charge in [-0.3, -0.25) is 10.7 Å². The molecule has 274 valence electrons. The van der Waals surface area contributed by atoms with Gasteiger partial charge < -0.3 is 38.9 Å². The molecule has 5 aromatic carbocycles. The van der Waals surface area contributed by atoms with E-state index >= 15 is 0 Å². The van der Waals surface area contributed by atoms with Crippen LogP contribution in [0, 0.1) is 0 Å². The number of hydrogen-bond acceptors (Lipinski definition) is 12. The molecule has 12 nitrogen and oxygen atoms in total. The van der Waals surface area contributed by atoms with Gasteiger partial charge >= 0.3 is 11.9 Å². The van der Waals surface area contributed by atoms with Gasteiger partial charge in [0.25, 0.3) is 0 Å². The van der Waals surface area contributed by atoms with Gasteiger partial charge in [-0.05, 0) is 91.7 Å². The maximum absolute atomic E-state index is 13.4. The second kappa shape index (κ2) is 17.0. The number of methoxy groups -OCH3 is 4. The van der Waals surface area contributed by atoms with Crippen molar-refractivity contribution in [1.29, 1.82) is 0 Å². The number of carbonyl (C=O) groups is 2. The zero-order chi connectivity index (χ0) is 38.1. The minimum absolute atomic E-state index is 0.103. The fraction of sp³-hybridized carbons (Fsp3) is 0.171. The lowest BCUT2D eigenvalue weighted by atomic mass is 10.00. The highest BCUT2D eigenvalue weighted by molar-refractivity contribution is 5.96. The summed E-state index contributed by atoms with van der Waals surface area (Å²) in [6.45, 7) is 3.67. The predicted octanol–water partition coefficient (Wildman–Crippen LogP) is 8.17. The van der Waals surface area contributed by atoms with Crippen molar-refractivity contribution in [3.8, 4) is 51.4 Å². The Kier molecular flexibility index (Phi) is 12.1. The van der Waals surface area contributed by atoms with Gasteiger partial charge in [-0.25, -0.2) is 9.59 Å². The fourth-order valence-electron chi connectivity index (χ4n) is 5.37. The third kappa shape index (κ3) is 8.99. The Bertz CT molecular complexity index is 2100. The molecule has 0 aliphatic rings. The van der Waals surface area contributed by atoms with Gasteiger partial charge in [0, 0.05) is 29.4 Å². The summed E-state index contributed by atoms with van der Waals surface area (Å²) in [6.07, 6.45) is 3.59. The van der Waals surface area contributed by atoms with Crippen LogP contribution in [0.3, 0.4) is 0 Å². The van der Waals surface area contributed by atoms with E-state index in [0.29, 0.717) is 39.9 Å². The Morgan fingerprint density at radius 2 is 1.19 bits per heavy atom. The molecule has 4 N–H and O–H groups in total. The van der Waals surface area contributed by atoms with Crippen molar-refractivity contribution >= 4 is 35.5 Å². The second-order valence-electron chi connectivity index (χ2n) is 11.8. The highest BCUT2D eigenvalue weighted by atomic mass is 16.5. The predicted molar refractivity (Wildman–Crippen MR) is 202 cm³/mol. The standard InChI is InChI=1S/C41H40N2O10/c1-24(2)51-39-21-27(42)10-16-34(39)41(45)53-30-14-18-33(38(23-30)50-6)40(44)52-29-13-17-31(37(22-29)49-5)26-19-35(47-3)32(36(20-26)48-4)15-9-25-7-11-28(43-46)12-8-25/h7-24,43,46H,42H2,1-6H3/b15-9+. The van der Waals surface area contributed by atoms with Gasteiger partial charge in [0.2, 0.25) is 0 Å². The van der Waals surface area contributed by atoms with Crippen molar-refractivity contribution in [3.63, 3.8) is 0 Å². The normalized spacial score (nSPS) is 10.9. The van der Waals surface area contributed by atoms with E-state index in [9.17, 15) is 9.59 Å². The maximum atomic E-state index is 13.4. The summed E-state index contributed by atoms with van der Waals surface area (Å²) < 4.78 is 39.7. The molecule has 0 saturated carbocycles. The van der Waals surface area contributed by atoms with Crippen LogP contribution in [-0.4, -0.2) is 51.7 Å². The Hall–Kier alpha value is -6.66. The van der Waals surface area contributed by atoms with Crippen LogP contribution in [0.5, 0.6) is 40.2 Å². The number of rotatable bonds is 14. The number of esters is 2. The van der Waals surface area contributed by atoms with Gasteiger partial charge in [0.1, 0.15) is 51.4 Å². The molecule has 0 radical (unpaired) electrons. The van der Waals surface area contributed by atoms with Gasteiger partial charge in [-0.15, -0.1) is 0 Å². The molecule has 0 spiro atoms. The minimum atomic E-state index is -0.706. The maximum Gasteiger partial charge on any atom is 0.347 e. The zero-order valence-electron chi connectivity index (χ0n) is 30.1. The lowest BCUT2D eigenvalue weighted by molar-refractivity contribution is 0.0725. The number of anilines is 2. The summed E-state index contributed by atoms with van der Waals surface area (Å²) in [5.74, 6) is 0.949. The molecule has 0 aliphatic carbocycles. The smallest absolute Gasteiger partial charge is 0.347 e. The quantitative estimate of drug-likeness (QED) is 0.0333. The lowest BCUT2D eigenvalue weighted by Crippen LogP contribution is -2.15. The average molecular weight is 721 g/mol. The first-order chi connectivity index (χ1) is 25.6. The molecular weight excluding hydrogens is 680 g/mol. The van der Waals surface area contributed by atoms with Gasteiger partial charge in [0.15, 0.2) is 0 Å². The molecule has 5 rings (SSSR count). The third-order valence-electron chi connectivity index (χ3n) is 7.91. The summed E-state index contributed by atoms with van der Waals surface area (Å²) >= 11 is 0. The molecule has 0 aliphatic heterocycles. The number of carbonyl (C=O) groups excluding carboxylic acids is 2. The topological polar surface area (TPSA) is 157 Å². The summed E-state index contributed by atoms with van der Waals surface area (Å²) in [5.41, 5.74) is 12.4. The molecule has 0 heterocycles. The second-order valence-corrected chi connectivity index (χ2v) is 11.8. The molecule has 0 saturated heterocycles. The van der Waals surface area contributed by atoms with Crippen LogP contribution in [-0.2, 0) is 0 Å². The van der Waals surface area contributed by atoms with E-state index in [0.717, 1.165) is 16.7 Å². The van der Waals surface area contributed by atoms with E-state index in [2.05, 4.69) is 5.48 Å². The van der Waals surface area contributed by atoms with Crippen LogP contribution < -0.4 is 44.4 Å². The lowest BCUT2D eigenvalue weighted by Gasteiger charge is -2.16.